The molecule has 30 heavy (non-hydrogen) atoms. The number of thioether (sulfide) groups is 1. The Labute approximate surface area is 181 Å². The normalized spacial score (nSPS) is 25.1. The van der Waals surface area contributed by atoms with E-state index in [9.17, 15) is 9.59 Å². The van der Waals surface area contributed by atoms with Crippen molar-refractivity contribution in [3.63, 3.8) is 0 Å². The summed E-state index contributed by atoms with van der Waals surface area (Å²) < 4.78 is 15.8. The second kappa shape index (κ2) is 8.28. The van der Waals surface area contributed by atoms with E-state index in [2.05, 4.69) is 10.2 Å². The summed E-state index contributed by atoms with van der Waals surface area (Å²) in [6, 6.07) is 3.16. The minimum absolute atomic E-state index is 0.115. The Hall–Kier alpha value is -1.97. The Kier molecular flexibility index (Phi) is 5.87. The van der Waals surface area contributed by atoms with Crippen LogP contribution in [0.5, 0.6) is 11.5 Å². The van der Waals surface area contributed by atoms with Crippen LogP contribution in [-0.4, -0.2) is 86.0 Å². The number of morpholine rings is 1. The first-order valence-corrected chi connectivity index (χ1v) is 11.1. The molecule has 0 aliphatic carbocycles. The summed E-state index contributed by atoms with van der Waals surface area (Å²) in [5, 5.41) is 2.84. The van der Waals surface area contributed by atoms with Crippen molar-refractivity contribution in [2.24, 2.45) is 0 Å². The predicted octanol–water partition coefficient (Wildman–Crippen LogP) is 1.50. The highest BCUT2D eigenvalue weighted by molar-refractivity contribution is 8.01. The van der Waals surface area contributed by atoms with Gasteiger partial charge in [0.1, 0.15) is 11.4 Å². The molecule has 2 atom stereocenters. The number of ether oxygens (including phenoxy) is 3. The first kappa shape index (κ1) is 21.3. The number of fused-ring (bicyclic) bond motifs is 3. The average Bonchev–Trinajstić information content (AvgIpc) is 3.17. The zero-order valence-corrected chi connectivity index (χ0v) is 18.7. The molecule has 164 valence electrons. The van der Waals surface area contributed by atoms with Crippen LogP contribution in [0.2, 0.25) is 0 Å². The number of hydrogen-bond donors (Lipinski definition) is 1. The van der Waals surface area contributed by atoms with Crippen LogP contribution in [0, 0.1) is 0 Å². The van der Waals surface area contributed by atoms with Crippen molar-refractivity contribution in [1.29, 1.82) is 0 Å². The number of benzene rings is 1. The summed E-state index contributed by atoms with van der Waals surface area (Å²) in [5.74, 6) is 0.647. The molecule has 3 aliphatic rings. The third kappa shape index (κ3) is 3.52. The van der Waals surface area contributed by atoms with Gasteiger partial charge in [0, 0.05) is 36.5 Å². The molecule has 3 aliphatic heterocycles. The lowest BCUT2D eigenvalue weighted by atomic mass is 10.0. The van der Waals surface area contributed by atoms with Crippen molar-refractivity contribution in [3.05, 3.63) is 23.3 Å². The maximum absolute atomic E-state index is 13.4. The monoisotopic (exact) mass is 435 g/mol. The molecule has 0 saturated carbocycles. The van der Waals surface area contributed by atoms with Crippen molar-refractivity contribution in [1.82, 2.24) is 15.1 Å². The molecule has 1 N–H and O–H groups in total. The summed E-state index contributed by atoms with van der Waals surface area (Å²) >= 11 is 1.64. The van der Waals surface area contributed by atoms with E-state index in [0.717, 1.165) is 38.4 Å². The number of nitrogens with one attached hydrogen (secondary N) is 1. The number of carbonyl (C=O) groups is 2. The van der Waals surface area contributed by atoms with Crippen LogP contribution in [0.3, 0.4) is 0 Å². The van der Waals surface area contributed by atoms with Gasteiger partial charge in [0.15, 0.2) is 11.5 Å². The largest absolute Gasteiger partial charge is 0.493 e. The second-order valence-corrected chi connectivity index (χ2v) is 9.93. The predicted molar refractivity (Wildman–Crippen MR) is 114 cm³/mol. The van der Waals surface area contributed by atoms with Gasteiger partial charge in [-0.3, -0.25) is 14.5 Å². The SMILES string of the molecule is COc1ccc2c(c1OC)C(=O)N1[C@@H]2SC(C)(C)[C@H]1C(=O)NCCN1CCOCC1. The first-order valence-electron chi connectivity index (χ1n) is 10.2. The maximum atomic E-state index is 13.4. The van der Waals surface area contributed by atoms with Gasteiger partial charge in [0.05, 0.1) is 33.0 Å². The highest BCUT2D eigenvalue weighted by atomic mass is 32.2. The van der Waals surface area contributed by atoms with E-state index in [0.29, 0.717) is 23.6 Å². The number of carbonyl (C=O) groups excluding carboxylic acids is 2. The molecule has 0 aromatic heterocycles. The lowest BCUT2D eigenvalue weighted by Gasteiger charge is -2.30. The summed E-state index contributed by atoms with van der Waals surface area (Å²) in [4.78, 5) is 30.6. The van der Waals surface area contributed by atoms with Crippen molar-refractivity contribution < 1.29 is 23.8 Å². The fraction of sp³-hybridized carbons (Fsp3) is 0.619. The van der Waals surface area contributed by atoms with E-state index in [-0.39, 0.29) is 17.2 Å². The van der Waals surface area contributed by atoms with Gasteiger partial charge in [0.25, 0.3) is 5.91 Å². The zero-order valence-electron chi connectivity index (χ0n) is 17.9. The highest BCUT2D eigenvalue weighted by Gasteiger charge is 2.58. The van der Waals surface area contributed by atoms with E-state index in [4.69, 9.17) is 14.2 Å². The van der Waals surface area contributed by atoms with Crippen LogP contribution in [0.25, 0.3) is 0 Å². The van der Waals surface area contributed by atoms with Gasteiger partial charge >= 0.3 is 0 Å². The minimum Gasteiger partial charge on any atom is -0.493 e. The number of hydrogen-bond acceptors (Lipinski definition) is 7. The van der Waals surface area contributed by atoms with Gasteiger partial charge in [-0.25, -0.2) is 0 Å². The molecule has 4 rings (SSSR count). The molecule has 2 fully saturated rings. The zero-order chi connectivity index (χ0) is 21.5. The van der Waals surface area contributed by atoms with Crippen molar-refractivity contribution >= 4 is 23.6 Å². The van der Waals surface area contributed by atoms with E-state index in [1.165, 1.54) is 7.11 Å². The van der Waals surface area contributed by atoms with Crippen LogP contribution in [0.1, 0.15) is 35.1 Å². The summed E-state index contributed by atoms with van der Waals surface area (Å²) in [7, 11) is 3.08. The molecule has 8 nitrogen and oxygen atoms in total. The standard InChI is InChI=1S/C21H29N3O5S/c1-21(2)17(18(25)22-7-8-23-9-11-29-12-10-23)24-19(26)15-13(20(24)30-21)5-6-14(27-3)16(15)28-4/h5-6,17,20H,7-12H2,1-4H3,(H,22,25)/t17-,20-/m1/s1. The van der Waals surface area contributed by atoms with E-state index >= 15 is 0 Å². The van der Waals surface area contributed by atoms with Gasteiger partial charge in [-0.1, -0.05) is 6.07 Å². The van der Waals surface area contributed by atoms with Crippen LogP contribution < -0.4 is 14.8 Å². The topological polar surface area (TPSA) is 80.3 Å². The van der Waals surface area contributed by atoms with Crippen LogP contribution in [0.4, 0.5) is 0 Å². The summed E-state index contributed by atoms with van der Waals surface area (Å²) in [6.45, 7) is 8.59. The Morgan fingerprint density at radius 2 is 2.00 bits per heavy atom. The number of amides is 2. The third-order valence-electron chi connectivity index (χ3n) is 5.98. The summed E-state index contributed by atoms with van der Waals surface area (Å²) in [5.41, 5.74) is 1.37. The number of rotatable bonds is 6. The first-order chi connectivity index (χ1) is 14.4. The van der Waals surface area contributed by atoms with Gasteiger partial charge < -0.3 is 24.4 Å². The Bertz CT molecular complexity index is 840. The van der Waals surface area contributed by atoms with Crippen molar-refractivity contribution in [2.45, 2.75) is 30.0 Å². The lowest BCUT2D eigenvalue weighted by molar-refractivity contribution is -0.126. The second-order valence-electron chi connectivity index (χ2n) is 8.20. The van der Waals surface area contributed by atoms with E-state index < -0.39 is 10.8 Å². The molecule has 1 aromatic rings. The lowest BCUT2D eigenvalue weighted by Crippen LogP contribution is -2.53. The van der Waals surface area contributed by atoms with Crippen LogP contribution >= 0.6 is 11.8 Å². The molecule has 3 heterocycles. The molecule has 0 bridgehead atoms. The fourth-order valence-corrected chi connectivity index (χ4v) is 6.09. The molecular formula is C21H29N3O5S. The van der Waals surface area contributed by atoms with Crippen LogP contribution in [-0.2, 0) is 9.53 Å². The minimum atomic E-state index is -0.562. The molecule has 9 heteroatoms. The molecule has 1 aromatic carbocycles. The molecule has 0 spiro atoms. The van der Waals surface area contributed by atoms with Gasteiger partial charge in [-0.2, -0.15) is 0 Å². The van der Waals surface area contributed by atoms with Gasteiger partial charge in [0.2, 0.25) is 5.91 Å². The Morgan fingerprint density at radius 3 is 2.67 bits per heavy atom. The number of methoxy groups -OCH3 is 2. The molecule has 0 unspecified atom stereocenters. The number of nitrogens with zero attached hydrogens (tertiary/aromatic N) is 2. The summed E-state index contributed by atoms with van der Waals surface area (Å²) in [6.07, 6.45) is 0. The van der Waals surface area contributed by atoms with E-state index in [1.54, 1.807) is 23.8 Å². The Morgan fingerprint density at radius 1 is 1.27 bits per heavy atom. The smallest absolute Gasteiger partial charge is 0.260 e. The van der Waals surface area contributed by atoms with E-state index in [1.807, 2.05) is 26.0 Å². The van der Waals surface area contributed by atoms with Crippen molar-refractivity contribution in [2.75, 3.05) is 53.6 Å². The maximum Gasteiger partial charge on any atom is 0.260 e. The quantitative estimate of drug-likeness (QED) is 0.725. The van der Waals surface area contributed by atoms with Crippen LogP contribution in [0.15, 0.2) is 12.1 Å². The Balaban J connectivity index is 1.53. The third-order valence-corrected chi connectivity index (χ3v) is 7.51. The fourth-order valence-electron chi connectivity index (χ4n) is 4.51. The molecular weight excluding hydrogens is 406 g/mol. The van der Waals surface area contributed by atoms with Gasteiger partial charge in [-0.15, -0.1) is 11.8 Å². The molecule has 0 radical (unpaired) electrons. The van der Waals surface area contributed by atoms with Crippen molar-refractivity contribution in [3.8, 4) is 11.5 Å². The molecule has 2 saturated heterocycles. The van der Waals surface area contributed by atoms with Gasteiger partial charge in [-0.05, 0) is 19.9 Å². The highest BCUT2D eigenvalue weighted by Crippen LogP contribution is 2.58. The molecule has 2 amide bonds. The average molecular weight is 436 g/mol.